The predicted octanol–water partition coefficient (Wildman–Crippen LogP) is 7.00. The fraction of sp³-hybridized carbons (Fsp3) is 0.158. The maximum absolute atomic E-state index is 6.20. The van der Waals surface area contributed by atoms with Gasteiger partial charge in [-0.05, 0) is 41.8 Å². The number of benzene rings is 2. The molecule has 3 aromatic rings. The Morgan fingerprint density at radius 3 is 2.38 bits per heavy atom. The first-order chi connectivity index (χ1) is 12.1. The van der Waals surface area contributed by atoms with Crippen molar-refractivity contribution < 1.29 is 4.74 Å². The maximum atomic E-state index is 6.20. The van der Waals surface area contributed by atoms with Crippen LogP contribution in [-0.2, 0) is 19.7 Å². The highest BCUT2D eigenvalue weighted by Crippen LogP contribution is 2.26. The summed E-state index contributed by atoms with van der Waals surface area (Å²) in [7, 11) is 0. The lowest BCUT2D eigenvalue weighted by atomic mass is 10.2. The van der Waals surface area contributed by atoms with Crippen molar-refractivity contribution in [2.75, 3.05) is 0 Å². The molecule has 2 aromatic carbocycles. The first kappa shape index (κ1) is 21.4. The van der Waals surface area contributed by atoms with Gasteiger partial charge in [0.2, 0.25) is 0 Å². The van der Waals surface area contributed by atoms with Gasteiger partial charge in [0.1, 0.15) is 12.4 Å². The Morgan fingerprint density at radius 1 is 0.885 bits per heavy atom. The van der Waals surface area contributed by atoms with Crippen molar-refractivity contribution in [2.45, 2.75) is 19.7 Å². The minimum absolute atomic E-state index is 0. The van der Waals surface area contributed by atoms with Gasteiger partial charge in [0, 0.05) is 44.2 Å². The summed E-state index contributed by atoms with van der Waals surface area (Å²) in [5.41, 5.74) is 1.90. The standard InChI is InChI=1S/C19H16Cl3NOS.ClH/c20-15-5-6-19(24-12-13-3-4-16(21)9-18(13)22)14(8-15)10-23-11-17-2-1-7-25-17;/h1-9,23H,10-12H2;1H. The highest BCUT2D eigenvalue weighted by Gasteiger charge is 2.08. The first-order valence-electron chi connectivity index (χ1n) is 7.70. The minimum atomic E-state index is 0. The number of ether oxygens (including phenoxy) is 1. The van der Waals surface area contributed by atoms with E-state index in [4.69, 9.17) is 39.5 Å². The molecule has 0 radical (unpaired) electrons. The zero-order valence-corrected chi connectivity index (χ0v) is 17.6. The van der Waals surface area contributed by atoms with Crippen molar-refractivity contribution in [3.8, 4) is 5.75 Å². The molecule has 0 fully saturated rings. The molecular weight excluding hydrogens is 432 g/mol. The molecule has 0 spiro atoms. The molecule has 0 amide bonds. The van der Waals surface area contributed by atoms with Crippen LogP contribution in [0.1, 0.15) is 16.0 Å². The number of hydrogen-bond donors (Lipinski definition) is 1. The summed E-state index contributed by atoms with van der Waals surface area (Å²) >= 11 is 20.0. The molecule has 1 aromatic heterocycles. The summed E-state index contributed by atoms with van der Waals surface area (Å²) < 4.78 is 5.96. The largest absolute Gasteiger partial charge is 0.489 e. The second kappa shape index (κ2) is 10.4. The van der Waals surface area contributed by atoms with Gasteiger partial charge in [0.05, 0.1) is 0 Å². The molecular formula is C19H17Cl4NOS. The second-order valence-corrected chi connectivity index (χ2v) is 7.77. The normalized spacial score (nSPS) is 10.4. The third kappa shape index (κ3) is 6.05. The van der Waals surface area contributed by atoms with E-state index in [2.05, 4.69) is 16.8 Å². The molecule has 1 heterocycles. The van der Waals surface area contributed by atoms with Crippen LogP contribution in [0, 0.1) is 0 Å². The van der Waals surface area contributed by atoms with Gasteiger partial charge in [-0.25, -0.2) is 0 Å². The van der Waals surface area contributed by atoms with E-state index in [0.29, 0.717) is 28.2 Å². The molecule has 0 bridgehead atoms. The van der Waals surface area contributed by atoms with E-state index in [0.717, 1.165) is 23.4 Å². The van der Waals surface area contributed by atoms with Crippen LogP contribution in [0.5, 0.6) is 5.75 Å². The SMILES string of the molecule is Cl.Clc1ccc(COc2ccc(Cl)cc2CNCc2cccs2)c(Cl)c1. The third-order valence-electron chi connectivity index (χ3n) is 3.62. The van der Waals surface area contributed by atoms with E-state index in [1.807, 2.05) is 30.3 Å². The van der Waals surface area contributed by atoms with Crippen LogP contribution in [0.4, 0.5) is 0 Å². The van der Waals surface area contributed by atoms with Crippen LogP contribution in [-0.4, -0.2) is 0 Å². The highest BCUT2D eigenvalue weighted by atomic mass is 35.5. The van der Waals surface area contributed by atoms with Crippen LogP contribution < -0.4 is 10.1 Å². The van der Waals surface area contributed by atoms with Crippen LogP contribution in [0.15, 0.2) is 53.9 Å². The van der Waals surface area contributed by atoms with E-state index in [-0.39, 0.29) is 12.4 Å². The molecule has 0 unspecified atom stereocenters. The average molecular weight is 449 g/mol. The second-order valence-electron chi connectivity index (χ2n) is 5.46. The van der Waals surface area contributed by atoms with Crippen molar-refractivity contribution in [3.63, 3.8) is 0 Å². The Kier molecular flexibility index (Phi) is 8.55. The zero-order valence-electron chi connectivity index (χ0n) is 13.7. The lowest BCUT2D eigenvalue weighted by Crippen LogP contribution is -2.13. The monoisotopic (exact) mass is 447 g/mol. The molecule has 138 valence electrons. The summed E-state index contributed by atoms with van der Waals surface area (Å²) in [6.07, 6.45) is 0. The number of nitrogens with one attached hydrogen (secondary N) is 1. The quantitative estimate of drug-likeness (QED) is 0.420. The fourth-order valence-electron chi connectivity index (χ4n) is 2.35. The molecule has 0 aliphatic rings. The minimum Gasteiger partial charge on any atom is -0.489 e. The Hall–Kier alpha value is -0.940. The molecule has 2 nitrogen and oxygen atoms in total. The first-order valence-corrected chi connectivity index (χ1v) is 9.71. The van der Waals surface area contributed by atoms with Crippen LogP contribution in [0.25, 0.3) is 0 Å². The van der Waals surface area contributed by atoms with Gasteiger partial charge in [-0.15, -0.1) is 23.7 Å². The molecule has 0 atom stereocenters. The van der Waals surface area contributed by atoms with Gasteiger partial charge >= 0.3 is 0 Å². The van der Waals surface area contributed by atoms with Gasteiger partial charge in [-0.1, -0.05) is 46.9 Å². The van der Waals surface area contributed by atoms with Crippen molar-refractivity contribution in [3.05, 3.63) is 85.0 Å². The van der Waals surface area contributed by atoms with Crippen LogP contribution in [0.2, 0.25) is 15.1 Å². The highest BCUT2D eigenvalue weighted by molar-refractivity contribution is 7.09. The van der Waals surface area contributed by atoms with Gasteiger partial charge in [-0.2, -0.15) is 0 Å². The fourth-order valence-corrected chi connectivity index (χ4v) is 3.69. The molecule has 0 aliphatic carbocycles. The smallest absolute Gasteiger partial charge is 0.124 e. The predicted molar refractivity (Wildman–Crippen MR) is 114 cm³/mol. The Bertz CT molecular complexity index is 840. The number of halogens is 4. The topological polar surface area (TPSA) is 21.3 Å². The van der Waals surface area contributed by atoms with E-state index in [9.17, 15) is 0 Å². The Balaban J connectivity index is 0.00000243. The lowest BCUT2D eigenvalue weighted by molar-refractivity contribution is 0.302. The summed E-state index contributed by atoms with van der Waals surface area (Å²) in [5.74, 6) is 0.786. The maximum Gasteiger partial charge on any atom is 0.124 e. The van der Waals surface area contributed by atoms with Gasteiger partial charge < -0.3 is 10.1 Å². The average Bonchev–Trinajstić information content (AvgIpc) is 3.09. The Labute approximate surface area is 178 Å². The molecule has 26 heavy (non-hydrogen) atoms. The number of hydrogen-bond acceptors (Lipinski definition) is 3. The van der Waals surface area contributed by atoms with Crippen molar-refractivity contribution in [1.82, 2.24) is 5.32 Å². The summed E-state index contributed by atoms with van der Waals surface area (Å²) in [6.45, 7) is 1.85. The van der Waals surface area contributed by atoms with Crippen molar-refractivity contribution in [2.24, 2.45) is 0 Å². The van der Waals surface area contributed by atoms with E-state index in [1.54, 1.807) is 23.5 Å². The van der Waals surface area contributed by atoms with E-state index < -0.39 is 0 Å². The van der Waals surface area contributed by atoms with Crippen molar-refractivity contribution in [1.29, 1.82) is 0 Å². The lowest BCUT2D eigenvalue weighted by Gasteiger charge is -2.13. The molecule has 1 N–H and O–H groups in total. The van der Waals surface area contributed by atoms with Crippen LogP contribution in [0.3, 0.4) is 0 Å². The molecule has 3 rings (SSSR count). The molecule has 7 heteroatoms. The molecule has 0 aliphatic heterocycles. The molecule has 0 saturated heterocycles. The number of thiophene rings is 1. The van der Waals surface area contributed by atoms with Crippen molar-refractivity contribution >= 4 is 58.5 Å². The number of rotatable bonds is 7. The van der Waals surface area contributed by atoms with Gasteiger partial charge in [0.15, 0.2) is 0 Å². The zero-order chi connectivity index (χ0) is 17.6. The molecule has 0 saturated carbocycles. The van der Waals surface area contributed by atoms with E-state index in [1.165, 1.54) is 4.88 Å². The summed E-state index contributed by atoms with van der Waals surface area (Å²) in [6, 6.07) is 15.2. The summed E-state index contributed by atoms with van der Waals surface area (Å²) in [4.78, 5) is 1.29. The van der Waals surface area contributed by atoms with Gasteiger partial charge in [0.25, 0.3) is 0 Å². The van der Waals surface area contributed by atoms with Crippen LogP contribution >= 0.6 is 58.5 Å². The Morgan fingerprint density at radius 2 is 1.65 bits per heavy atom. The van der Waals surface area contributed by atoms with Gasteiger partial charge in [-0.3, -0.25) is 0 Å². The van der Waals surface area contributed by atoms with E-state index >= 15 is 0 Å². The third-order valence-corrected chi connectivity index (χ3v) is 5.31. The summed E-state index contributed by atoms with van der Waals surface area (Å²) in [5, 5.41) is 7.38.